The Balaban J connectivity index is 1.44. The van der Waals surface area contributed by atoms with E-state index >= 15 is 0 Å². The molecule has 3 aromatic rings. The first-order valence-electron chi connectivity index (χ1n) is 10.9. The van der Waals surface area contributed by atoms with Gasteiger partial charge in [-0.05, 0) is 51.3 Å². The molecule has 1 aliphatic heterocycles. The van der Waals surface area contributed by atoms with Crippen molar-refractivity contribution < 1.29 is 14.3 Å². The second-order valence-electron chi connectivity index (χ2n) is 9.13. The molecule has 0 saturated carbocycles. The predicted octanol–water partition coefficient (Wildman–Crippen LogP) is 3.22. The summed E-state index contributed by atoms with van der Waals surface area (Å²) in [5.74, 6) is 0.866. The lowest BCUT2D eigenvalue weighted by Crippen LogP contribution is -2.49. The van der Waals surface area contributed by atoms with E-state index in [-0.39, 0.29) is 36.2 Å². The van der Waals surface area contributed by atoms with Crippen molar-refractivity contribution in [1.82, 2.24) is 30.5 Å². The number of ether oxygens (including phenoxy) is 1. The standard InChI is InChI=1S/C23H28N6O3S/c1-14-11-15(13-29(14)18(30)12-25-22(31)28-23(2,3)4)32-21-19-16(8-10-33-19)26-20(27-21)17-7-5-6-9-24-17/h5-10,14-15H,11-13H2,1-4H3,(H2,25,28,31)/t14?,15-/m1/s1. The van der Waals surface area contributed by atoms with Crippen LogP contribution >= 0.6 is 11.3 Å². The average Bonchev–Trinajstić information content (AvgIpc) is 3.38. The Kier molecular flexibility index (Phi) is 6.46. The quantitative estimate of drug-likeness (QED) is 0.595. The van der Waals surface area contributed by atoms with Crippen LogP contribution in [0, 0.1) is 0 Å². The SMILES string of the molecule is CC1C[C@@H](Oc2nc(-c3ccccn3)nc3ccsc23)CN1C(=O)CNC(=O)NC(C)(C)C. The molecule has 10 heteroatoms. The molecule has 0 bridgehead atoms. The van der Waals surface area contributed by atoms with Gasteiger partial charge in [-0.2, -0.15) is 4.98 Å². The summed E-state index contributed by atoms with van der Waals surface area (Å²) in [5, 5.41) is 7.38. The fourth-order valence-corrected chi connectivity index (χ4v) is 4.50. The minimum atomic E-state index is -0.369. The largest absolute Gasteiger partial charge is 0.471 e. The van der Waals surface area contributed by atoms with Gasteiger partial charge in [-0.15, -0.1) is 11.3 Å². The summed E-state index contributed by atoms with van der Waals surface area (Å²) in [4.78, 5) is 40.1. The first kappa shape index (κ1) is 22.9. The van der Waals surface area contributed by atoms with E-state index in [2.05, 4.69) is 25.6 Å². The number of fused-ring (bicyclic) bond motifs is 1. The Labute approximate surface area is 196 Å². The van der Waals surface area contributed by atoms with Gasteiger partial charge in [0.25, 0.3) is 0 Å². The Morgan fingerprint density at radius 1 is 1.24 bits per heavy atom. The number of hydrogen-bond donors (Lipinski definition) is 2. The number of nitrogens with zero attached hydrogens (tertiary/aromatic N) is 4. The highest BCUT2D eigenvalue weighted by molar-refractivity contribution is 7.17. The Morgan fingerprint density at radius 3 is 2.79 bits per heavy atom. The fourth-order valence-electron chi connectivity index (χ4n) is 3.74. The molecule has 1 saturated heterocycles. The summed E-state index contributed by atoms with van der Waals surface area (Å²) < 4.78 is 7.16. The number of nitrogens with one attached hydrogen (secondary N) is 2. The van der Waals surface area contributed by atoms with Gasteiger partial charge in [0.05, 0.1) is 18.6 Å². The zero-order chi connectivity index (χ0) is 23.6. The van der Waals surface area contributed by atoms with Gasteiger partial charge >= 0.3 is 6.03 Å². The van der Waals surface area contributed by atoms with E-state index in [1.54, 1.807) is 11.1 Å². The number of carbonyl (C=O) groups is 2. The predicted molar refractivity (Wildman–Crippen MR) is 127 cm³/mol. The second-order valence-corrected chi connectivity index (χ2v) is 10.0. The molecule has 3 amide bonds. The lowest BCUT2D eigenvalue weighted by molar-refractivity contribution is -0.130. The number of aromatic nitrogens is 3. The molecule has 0 spiro atoms. The molecule has 0 aromatic carbocycles. The van der Waals surface area contributed by atoms with Gasteiger partial charge in [0.1, 0.15) is 16.5 Å². The van der Waals surface area contributed by atoms with E-state index in [0.717, 1.165) is 10.2 Å². The van der Waals surface area contributed by atoms with E-state index in [4.69, 9.17) is 4.74 Å². The molecular weight excluding hydrogens is 440 g/mol. The monoisotopic (exact) mass is 468 g/mol. The molecule has 0 radical (unpaired) electrons. The van der Waals surface area contributed by atoms with Crippen LogP contribution in [-0.2, 0) is 4.79 Å². The summed E-state index contributed by atoms with van der Waals surface area (Å²) in [7, 11) is 0. The summed E-state index contributed by atoms with van der Waals surface area (Å²) >= 11 is 1.52. The topological polar surface area (TPSA) is 109 Å². The third-order valence-electron chi connectivity index (χ3n) is 5.19. The van der Waals surface area contributed by atoms with Crippen LogP contribution in [0.2, 0.25) is 0 Å². The van der Waals surface area contributed by atoms with Crippen LogP contribution in [0.15, 0.2) is 35.8 Å². The molecule has 0 aliphatic carbocycles. The number of pyridine rings is 1. The van der Waals surface area contributed by atoms with E-state index in [9.17, 15) is 9.59 Å². The lowest BCUT2D eigenvalue weighted by Gasteiger charge is -2.23. The molecule has 4 heterocycles. The molecule has 33 heavy (non-hydrogen) atoms. The Morgan fingerprint density at radius 2 is 2.06 bits per heavy atom. The van der Waals surface area contributed by atoms with Crippen LogP contribution in [0.4, 0.5) is 4.79 Å². The maximum Gasteiger partial charge on any atom is 0.315 e. The van der Waals surface area contributed by atoms with Gasteiger partial charge in [-0.25, -0.2) is 9.78 Å². The van der Waals surface area contributed by atoms with Crippen LogP contribution in [0.1, 0.15) is 34.1 Å². The second kappa shape index (κ2) is 9.30. The number of urea groups is 1. The molecule has 1 unspecified atom stereocenters. The molecule has 174 valence electrons. The van der Waals surface area contributed by atoms with Gasteiger partial charge in [0.2, 0.25) is 11.8 Å². The van der Waals surface area contributed by atoms with E-state index in [0.29, 0.717) is 30.4 Å². The Bertz CT molecular complexity index is 1140. The number of thiophene rings is 1. The molecule has 2 atom stereocenters. The van der Waals surface area contributed by atoms with Crippen LogP contribution < -0.4 is 15.4 Å². The highest BCUT2D eigenvalue weighted by atomic mass is 32.1. The van der Waals surface area contributed by atoms with Crippen molar-refractivity contribution >= 4 is 33.5 Å². The molecule has 2 N–H and O–H groups in total. The summed E-state index contributed by atoms with van der Waals surface area (Å²) in [6.45, 7) is 8.00. The minimum Gasteiger partial charge on any atom is -0.471 e. The third-order valence-corrected chi connectivity index (χ3v) is 6.08. The van der Waals surface area contributed by atoms with Gasteiger partial charge in [0, 0.05) is 24.2 Å². The third kappa shape index (κ3) is 5.57. The summed E-state index contributed by atoms with van der Waals surface area (Å²) in [5.41, 5.74) is 1.11. The molecule has 9 nitrogen and oxygen atoms in total. The lowest BCUT2D eigenvalue weighted by atomic mass is 10.1. The number of amides is 3. The maximum atomic E-state index is 12.7. The molecule has 3 aromatic heterocycles. The minimum absolute atomic E-state index is 0.00842. The molecule has 1 fully saturated rings. The smallest absolute Gasteiger partial charge is 0.315 e. The highest BCUT2D eigenvalue weighted by Gasteiger charge is 2.34. The van der Waals surface area contributed by atoms with Crippen LogP contribution in [0.25, 0.3) is 21.7 Å². The van der Waals surface area contributed by atoms with Gasteiger partial charge < -0.3 is 20.3 Å². The molecular formula is C23H28N6O3S. The Hall–Kier alpha value is -3.27. The zero-order valence-corrected chi connectivity index (χ0v) is 20.0. The van der Waals surface area contributed by atoms with Crippen LogP contribution in [-0.4, -0.2) is 62.6 Å². The van der Waals surface area contributed by atoms with Crippen molar-refractivity contribution in [1.29, 1.82) is 0 Å². The number of likely N-dealkylation sites (tertiary alicyclic amines) is 1. The van der Waals surface area contributed by atoms with E-state index < -0.39 is 0 Å². The first-order chi connectivity index (χ1) is 15.7. The summed E-state index contributed by atoms with van der Waals surface area (Å²) in [6, 6.07) is 7.16. The molecule has 1 aliphatic rings. The first-order valence-corrected chi connectivity index (χ1v) is 11.8. The average molecular weight is 469 g/mol. The zero-order valence-electron chi connectivity index (χ0n) is 19.2. The van der Waals surface area contributed by atoms with Gasteiger partial charge in [-0.1, -0.05) is 6.07 Å². The number of hydrogen-bond acceptors (Lipinski definition) is 7. The highest BCUT2D eigenvalue weighted by Crippen LogP contribution is 2.32. The number of rotatable bonds is 5. The van der Waals surface area contributed by atoms with Crippen molar-refractivity contribution in [2.75, 3.05) is 13.1 Å². The van der Waals surface area contributed by atoms with Crippen molar-refractivity contribution in [3.63, 3.8) is 0 Å². The summed E-state index contributed by atoms with van der Waals surface area (Å²) in [6.07, 6.45) is 2.18. The van der Waals surface area contributed by atoms with E-state index in [1.165, 1.54) is 11.3 Å². The van der Waals surface area contributed by atoms with Crippen LogP contribution in [0.5, 0.6) is 5.88 Å². The maximum absolute atomic E-state index is 12.7. The normalized spacial score (nSPS) is 18.4. The van der Waals surface area contributed by atoms with E-state index in [1.807, 2.05) is 57.3 Å². The van der Waals surface area contributed by atoms with Crippen molar-refractivity contribution in [3.8, 4) is 17.4 Å². The molecule has 4 rings (SSSR count). The van der Waals surface area contributed by atoms with Gasteiger partial charge in [0.15, 0.2) is 5.82 Å². The van der Waals surface area contributed by atoms with Crippen molar-refractivity contribution in [2.24, 2.45) is 0 Å². The fraction of sp³-hybridized carbons (Fsp3) is 0.435. The van der Waals surface area contributed by atoms with Crippen molar-refractivity contribution in [2.45, 2.75) is 51.8 Å². The van der Waals surface area contributed by atoms with Crippen molar-refractivity contribution in [3.05, 3.63) is 35.8 Å². The van der Waals surface area contributed by atoms with Crippen LogP contribution in [0.3, 0.4) is 0 Å². The van der Waals surface area contributed by atoms with Gasteiger partial charge in [-0.3, -0.25) is 9.78 Å². The number of carbonyl (C=O) groups excluding carboxylic acids is 2.